The minimum absolute atomic E-state index is 0.570. The Morgan fingerprint density at radius 2 is 1.65 bits per heavy atom. The number of unbranched alkanes of at least 4 members (excludes halogenated alkanes) is 3. The SMILES string of the molecule is CCCCCCc1ccc(-c2ccc(OCC)c(C#N)c2)cc1. The van der Waals surface area contributed by atoms with Crippen LogP contribution in [0.15, 0.2) is 42.5 Å². The van der Waals surface area contributed by atoms with Crippen LogP contribution in [-0.2, 0) is 6.42 Å². The van der Waals surface area contributed by atoms with Crippen molar-refractivity contribution in [3.05, 3.63) is 53.6 Å². The van der Waals surface area contributed by atoms with Crippen LogP contribution in [0.5, 0.6) is 5.75 Å². The van der Waals surface area contributed by atoms with Crippen molar-refractivity contribution in [2.24, 2.45) is 0 Å². The van der Waals surface area contributed by atoms with E-state index >= 15 is 0 Å². The number of aryl methyl sites for hydroxylation is 1. The molecule has 2 nitrogen and oxygen atoms in total. The minimum atomic E-state index is 0.570. The molecule has 0 radical (unpaired) electrons. The van der Waals surface area contributed by atoms with Gasteiger partial charge in [-0.15, -0.1) is 0 Å². The zero-order valence-electron chi connectivity index (χ0n) is 14.1. The lowest BCUT2D eigenvalue weighted by Gasteiger charge is -2.09. The molecule has 120 valence electrons. The van der Waals surface area contributed by atoms with E-state index in [1.807, 2.05) is 25.1 Å². The summed E-state index contributed by atoms with van der Waals surface area (Å²) in [6, 6.07) is 16.7. The molecule has 0 atom stereocenters. The summed E-state index contributed by atoms with van der Waals surface area (Å²) in [6.07, 6.45) is 6.31. The molecule has 0 bridgehead atoms. The Hall–Kier alpha value is -2.27. The molecule has 0 aromatic heterocycles. The van der Waals surface area contributed by atoms with Crippen LogP contribution in [-0.4, -0.2) is 6.61 Å². The van der Waals surface area contributed by atoms with Crippen LogP contribution in [0.25, 0.3) is 11.1 Å². The van der Waals surface area contributed by atoms with E-state index in [2.05, 4.69) is 37.3 Å². The Labute approximate surface area is 139 Å². The molecule has 2 heteroatoms. The maximum absolute atomic E-state index is 9.27. The van der Waals surface area contributed by atoms with Crippen molar-refractivity contribution in [1.29, 1.82) is 5.26 Å². The Kier molecular flexibility index (Phi) is 6.69. The monoisotopic (exact) mass is 307 g/mol. The highest BCUT2D eigenvalue weighted by Crippen LogP contribution is 2.27. The highest BCUT2D eigenvalue weighted by atomic mass is 16.5. The molecule has 0 aliphatic carbocycles. The summed E-state index contributed by atoms with van der Waals surface area (Å²) in [4.78, 5) is 0. The van der Waals surface area contributed by atoms with Crippen molar-refractivity contribution >= 4 is 0 Å². The molecule has 0 aliphatic rings. The molecule has 0 fully saturated rings. The van der Waals surface area contributed by atoms with Crippen molar-refractivity contribution in [2.45, 2.75) is 46.0 Å². The van der Waals surface area contributed by atoms with E-state index in [0.717, 1.165) is 17.5 Å². The highest BCUT2D eigenvalue weighted by molar-refractivity contribution is 5.67. The van der Waals surface area contributed by atoms with E-state index in [0.29, 0.717) is 17.9 Å². The molecule has 0 unspecified atom stereocenters. The highest BCUT2D eigenvalue weighted by Gasteiger charge is 2.06. The Balaban J connectivity index is 2.08. The van der Waals surface area contributed by atoms with Gasteiger partial charge in [-0.05, 0) is 48.6 Å². The van der Waals surface area contributed by atoms with Crippen LogP contribution in [0.1, 0.15) is 50.7 Å². The first kappa shape index (κ1) is 17.1. The lowest BCUT2D eigenvalue weighted by Crippen LogP contribution is -1.94. The van der Waals surface area contributed by atoms with Crippen molar-refractivity contribution in [1.82, 2.24) is 0 Å². The average Bonchev–Trinajstić information content (AvgIpc) is 2.60. The second kappa shape index (κ2) is 9.00. The third-order valence-corrected chi connectivity index (χ3v) is 4.01. The second-order valence-corrected chi connectivity index (χ2v) is 5.76. The smallest absolute Gasteiger partial charge is 0.137 e. The fraction of sp³-hybridized carbons (Fsp3) is 0.381. The van der Waals surface area contributed by atoms with Crippen molar-refractivity contribution in [3.8, 4) is 22.9 Å². The molecule has 23 heavy (non-hydrogen) atoms. The zero-order chi connectivity index (χ0) is 16.5. The summed E-state index contributed by atoms with van der Waals surface area (Å²) in [7, 11) is 0. The van der Waals surface area contributed by atoms with Gasteiger partial charge in [0, 0.05) is 0 Å². The molecule has 0 amide bonds. The minimum Gasteiger partial charge on any atom is -0.492 e. The quantitative estimate of drug-likeness (QED) is 0.582. The van der Waals surface area contributed by atoms with E-state index in [-0.39, 0.29) is 0 Å². The van der Waals surface area contributed by atoms with Gasteiger partial charge in [0.2, 0.25) is 0 Å². The van der Waals surface area contributed by atoms with E-state index in [1.54, 1.807) is 0 Å². The second-order valence-electron chi connectivity index (χ2n) is 5.76. The van der Waals surface area contributed by atoms with Crippen LogP contribution in [0, 0.1) is 11.3 Å². The van der Waals surface area contributed by atoms with Gasteiger partial charge in [-0.25, -0.2) is 0 Å². The summed E-state index contributed by atoms with van der Waals surface area (Å²) < 4.78 is 5.48. The Morgan fingerprint density at radius 3 is 2.30 bits per heavy atom. The molecule has 0 heterocycles. The maximum Gasteiger partial charge on any atom is 0.137 e. The number of hydrogen-bond donors (Lipinski definition) is 0. The number of nitrogens with zero attached hydrogens (tertiary/aromatic N) is 1. The van der Waals surface area contributed by atoms with Gasteiger partial charge >= 0.3 is 0 Å². The van der Waals surface area contributed by atoms with Gasteiger partial charge in [0.15, 0.2) is 0 Å². The molecule has 0 saturated heterocycles. The first-order valence-corrected chi connectivity index (χ1v) is 8.54. The Morgan fingerprint density at radius 1 is 0.913 bits per heavy atom. The van der Waals surface area contributed by atoms with Crippen LogP contribution in [0.4, 0.5) is 0 Å². The number of hydrogen-bond acceptors (Lipinski definition) is 2. The molecular weight excluding hydrogens is 282 g/mol. The van der Waals surface area contributed by atoms with Crippen molar-refractivity contribution < 1.29 is 4.74 Å². The van der Waals surface area contributed by atoms with Crippen LogP contribution in [0.2, 0.25) is 0 Å². The number of benzene rings is 2. The largest absolute Gasteiger partial charge is 0.492 e. The van der Waals surface area contributed by atoms with Gasteiger partial charge < -0.3 is 4.74 Å². The van der Waals surface area contributed by atoms with E-state index in [9.17, 15) is 5.26 Å². The first-order valence-electron chi connectivity index (χ1n) is 8.54. The predicted molar refractivity (Wildman–Crippen MR) is 95.6 cm³/mol. The van der Waals surface area contributed by atoms with Gasteiger partial charge in [-0.1, -0.05) is 56.5 Å². The third-order valence-electron chi connectivity index (χ3n) is 4.01. The summed E-state index contributed by atoms with van der Waals surface area (Å²) in [5, 5.41) is 9.27. The lowest BCUT2D eigenvalue weighted by molar-refractivity contribution is 0.339. The van der Waals surface area contributed by atoms with Crippen LogP contribution >= 0.6 is 0 Å². The van der Waals surface area contributed by atoms with E-state index in [4.69, 9.17) is 4.74 Å². The molecule has 0 saturated carbocycles. The van der Waals surface area contributed by atoms with Gasteiger partial charge in [0.1, 0.15) is 11.8 Å². The van der Waals surface area contributed by atoms with E-state index < -0.39 is 0 Å². The number of rotatable bonds is 8. The summed E-state index contributed by atoms with van der Waals surface area (Å²) in [6.45, 7) is 4.73. The van der Waals surface area contributed by atoms with Gasteiger partial charge in [0.25, 0.3) is 0 Å². The van der Waals surface area contributed by atoms with Gasteiger partial charge in [0.05, 0.1) is 12.2 Å². The summed E-state index contributed by atoms with van der Waals surface area (Å²) >= 11 is 0. The third kappa shape index (κ3) is 4.86. The molecule has 0 aliphatic heterocycles. The van der Waals surface area contributed by atoms with Gasteiger partial charge in [-0.3, -0.25) is 0 Å². The molecular formula is C21H25NO. The fourth-order valence-corrected chi connectivity index (χ4v) is 2.70. The summed E-state index contributed by atoms with van der Waals surface area (Å²) in [5.41, 5.74) is 4.17. The molecule has 2 aromatic carbocycles. The average molecular weight is 307 g/mol. The first-order chi connectivity index (χ1) is 11.3. The zero-order valence-corrected chi connectivity index (χ0v) is 14.1. The van der Waals surface area contributed by atoms with Crippen LogP contribution < -0.4 is 4.74 Å². The topological polar surface area (TPSA) is 33.0 Å². The van der Waals surface area contributed by atoms with Gasteiger partial charge in [-0.2, -0.15) is 5.26 Å². The fourth-order valence-electron chi connectivity index (χ4n) is 2.70. The molecule has 2 rings (SSSR count). The van der Waals surface area contributed by atoms with Crippen molar-refractivity contribution in [2.75, 3.05) is 6.61 Å². The standard InChI is InChI=1S/C21H25NO/c1-3-5-6-7-8-17-9-11-18(12-10-17)19-13-14-21(23-4-2)20(15-19)16-22/h9-15H,3-8H2,1-2H3. The molecule has 0 N–H and O–H groups in total. The Bertz CT molecular complexity index is 653. The molecule has 0 spiro atoms. The number of ether oxygens (including phenoxy) is 1. The van der Waals surface area contributed by atoms with E-state index in [1.165, 1.54) is 31.2 Å². The molecule has 2 aromatic rings. The maximum atomic E-state index is 9.27. The lowest BCUT2D eigenvalue weighted by atomic mass is 9.99. The van der Waals surface area contributed by atoms with Crippen molar-refractivity contribution in [3.63, 3.8) is 0 Å². The van der Waals surface area contributed by atoms with Crippen LogP contribution in [0.3, 0.4) is 0 Å². The number of nitriles is 1. The summed E-state index contributed by atoms with van der Waals surface area (Å²) in [5.74, 6) is 0.659. The normalized spacial score (nSPS) is 10.3. The predicted octanol–water partition coefficient (Wildman–Crippen LogP) is 5.75.